The molecule has 1 aromatic carbocycles. The first kappa shape index (κ1) is 19.5. The van der Waals surface area contributed by atoms with Crippen LogP contribution in [0.25, 0.3) is 11.3 Å². The van der Waals surface area contributed by atoms with Crippen molar-refractivity contribution in [3.05, 3.63) is 41.1 Å². The molecular formula is C22H30N4O. The molecule has 0 unspecified atom stereocenters. The highest BCUT2D eigenvalue weighted by Gasteiger charge is 2.21. The van der Waals surface area contributed by atoms with Crippen LogP contribution in [0.2, 0.25) is 0 Å². The molecule has 2 aromatic rings. The summed E-state index contributed by atoms with van der Waals surface area (Å²) in [5.41, 5.74) is 5.89. The van der Waals surface area contributed by atoms with Gasteiger partial charge in [0.1, 0.15) is 6.29 Å². The number of hydrogen-bond donors (Lipinski definition) is 0. The molecule has 5 nitrogen and oxygen atoms in total. The molecule has 1 aromatic heterocycles. The van der Waals surface area contributed by atoms with E-state index in [2.05, 4.69) is 55.0 Å². The highest BCUT2D eigenvalue weighted by molar-refractivity contribution is 5.66. The number of likely N-dealkylation sites (N-methyl/N-ethyl adjacent to an activating group) is 1. The third-order valence-corrected chi connectivity index (χ3v) is 5.17. The second-order valence-electron chi connectivity index (χ2n) is 7.41. The molecule has 1 aliphatic rings. The summed E-state index contributed by atoms with van der Waals surface area (Å²) in [5, 5.41) is 0. The van der Waals surface area contributed by atoms with Gasteiger partial charge in [-0.1, -0.05) is 36.8 Å². The van der Waals surface area contributed by atoms with Crippen molar-refractivity contribution in [3.8, 4) is 11.3 Å². The standard InChI is InChI=1S/C22H30N4O/c1-4-12-26(13-5-16-27)22-23-20-11-15-25(3)14-10-19(20)21(24-22)18-8-6-17(2)7-9-18/h6-9,16H,4-5,10-15H2,1-3H3. The number of carbonyl (C=O) groups excluding carboxylic acids is 1. The van der Waals surface area contributed by atoms with Gasteiger partial charge >= 0.3 is 0 Å². The van der Waals surface area contributed by atoms with Crippen LogP contribution in [0.15, 0.2) is 24.3 Å². The Morgan fingerprint density at radius 1 is 1.11 bits per heavy atom. The lowest BCUT2D eigenvalue weighted by Crippen LogP contribution is -2.28. The van der Waals surface area contributed by atoms with Gasteiger partial charge in [-0.2, -0.15) is 0 Å². The van der Waals surface area contributed by atoms with E-state index in [1.165, 1.54) is 11.1 Å². The summed E-state index contributed by atoms with van der Waals surface area (Å²) < 4.78 is 0. The molecule has 0 saturated carbocycles. The van der Waals surface area contributed by atoms with Gasteiger partial charge in [0.05, 0.1) is 11.4 Å². The topological polar surface area (TPSA) is 49.3 Å². The number of anilines is 1. The van der Waals surface area contributed by atoms with Crippen molar-refractivity contribution < 1.29 is 4.79 Å². The first-order chi connectivity index (χ1) is 13.1. The summed E-state index contributed by atoms with van der Waals surface area (Å²) in [6.45, 7) is 7.82. The summed E-state index contributed by atoms with van der Waals surface area (Å²) in [6, 6.07) is 8.60. The van der Waals surface area contributed by atoms with E-state index < -0.39 is 0 Å². The third kappa shape index (κ3) is 4.72. The first-order valence-corrected chi connectivity index (χ1v) is 9.96. The quantitative estimate of drug-likeness (QED) is 0.704. The molecule has 0 N–H and O–H groups in total. The van der Waals surface area contributed by atoms with Crippen molar-refractivity contribution in [2.75, 3.05) is 38.1 Å². The van der Waals surface area contributed by atoms with Crippen LogP contribution in [0.3, 0.4) is 0 Å². The highest BCUT2D eigenvalue weighted by atomic mass is 16.1. The van der Waals surface area contributed by atoms with Crippen LogP contribution in [0.5, 0.6) is 0 Å². The van der Waals surface area contributed by atoms with Crippen LogP contribution in [-0.2, 0) is 17.6 Å². The van der Waals surface area contributed by atoms with Crippen LogP contribution >= 0.6 is 0 Å². The SMILES string of the molecule is CCCN(CCC=O)c1nc2c(c(-c3ccc(C)cc3)n1)CCN(C)CC2. The molecule has 1 aliphatic heterocycles. The third-order valence-electron chi connectivity index (χ3n) is 5.17. The van der Waals surface area contributed by atoms with E-state index in [4.69, 9.17) is 9.97 Å². The fourth-order valence-electron chi connectivity index (χ4n) is 3.58. The van der Waals surface area contributed by atoms with E-state index >= 15 is 0 Å². The van der Waals surface area contributed by atoms with Gasteiger partial charge < -0.3 is 14.6 Å². The lowest BCUT2D eigenvalue weighted by Gasteiger charge is -2.23. The minimum atomic E-state index is 0.503. The Kier molecular flexibility index (Phi) is 6.56. The molecule has 144 valence electrons. The average molecular weight is 367 g/mol. The summed E-state index contributed by atoms with van der Waals surface area (Å²) in [5.74, 6) is 0.762. The Hall–Kier alpha value is -2.27. The van der Waals surface area contributed by atoms with Crippen molar-refractivity contribution >= 4 is 12.2 Å². The lowest BCUT2D eigenvalue weighted by molar-refractivity contribution is -0.107. The first-order valence-electron chi connectivity index (χ1n) is 9.96. The molecule has 0 amide bonds. The second-order valence-corrected chi connectivity index (χ2v) is 7.41. The monoisotopic (exact) mass is 366 g/mol. The molecular weight excluding hydrogens is 336 g/mol. The smallest absolute Gasteiger partial charge is 0.226 e. The zero-order valence-electron chi connectivity index (χ0n) is 16.7. The fraction of sp³-hybridized carbons (Fsp3) is 0.500. The van der Waals surface area contributed by atoms with Crippen LogP contribution in [0, 0.1) is 6.92 Å². The number of fused-ring (bicyclic) bond motifs is 1. The van der Waals surface area contributed by atoms with Gasteiger partial charge in [0.2, 0.25) is 5.95 Å². The van der Waals surface area contributed by atoms with Gasteiger partial charge in [-0.05, 0) is 26.8 Å². The van der Waals surface area contributed by atoms with Crippen LogP contribution < -0.4 is 4.90 Å². The number of nitrogens with zero attached hydrogens (tertiary/aromatic N) is 4. The summed E-state index contributed by atoms with van der Waals surface area (Å²) in [7, 11) is 2.17. The lowest BCUT2D eigenvalue weighted by atomic mass is 10.0. The highest BCUT2D eigenvalue weighted by Crippen LogP contribution is 2.29. The Bertz CT molecular complexity index is 773. The summed E-state index contributed by atoms with van der Waals surface area (Å²) >= 11 is 0. The maximum absolute atomic E-state index is 10.9. The summed E-state index contributed by atoms with van der Waals surface area (Å²) in [6.07, 6.45) is 4.39. The maximum Gasteiger partial charge on any atom is 0.226 e. The number of benzene rings is 1. The van der Waals surface area contributed by atoms with Gasteiger partial charge in [0, 0.05) is 50.1 Å². The molecule has 3 rings (SSSR count). The van der Waals surface area contributed by atoms with E-state index in [9.17, 15) is 4.79 Å². The van der Waals surface area contributed by atoms with Gasteiger partial charge in [0.25, 0.3) is 0 Å². The molecule has 2 heterocycles. The second kappa shape index (κ2) is 9.09. The van der Waals surface area contributed by atoms with Gasteiger partial charge in [-0.15, -0.1) is 0 Å². The Balaban J connectivity index is 2.08. The number of aldehydes is 1. The number of hydrogen-bond acceptors (Lipinski definition) is 5. The predicted molar refractivity (Wildman–Crippen MR) is 110 cm³/mol. The molecule has 0 aliphatic carbocycles. The molecule has 0 radical (unpaired) electrons. The van der Waals surface area contributed by atoms with Crippen molar-refractivity contribution in [3.63, 3.8) is 0 Å². The van der Waals surface area contributed by atoms with E-state index in [1.807, 2.05) is 0 Å². The van der Waals surface area contributed by atoms with Crippen molar-refractivity contribution in [2.45, 2.75) is 39.5 Å². The van der Waals surface area contributed by atoms with Crippen molar-refractivity contribution in [1.29, 1.82) is 0 Å². The Morgan fingerprint density at radius 3 is 2.56 bits per heavy atom. The number of carbonyl (C=O) groups is 1. The maximum atomic E-state index is 10.9. The predicted octanol–water partition coefficient (Wildman–Crippen LogP) is 3.29. The normalized spacial score (nSPS) is 14.5. The van der Waals surface area contributed by atoms with Crippen molar-refractivity contribution in [1.82, 2.24) is 14.9 Å². The van der Waals surface area contributed by atoms with Gasteiger partial charge in [-0.3, -0.25) is 0 Å². The molecule has 0 atom stereocenters. The van der Waals surface area contributed by atoms with Gasteiger partial charge in [0.15, 0.2) is 0 Å². The summed E-state index contributed by atoms with van der Waals surface area (Å²) in [4.78, 5) is 25.4. The minimum Gasteiger partial charge on any atom is -0.340 e. The zero-order valence-corrected chi connectivity index (χ0v) is 16.7. The number of rotatable bonds is 7. The largest absolute Gasteiger partial charge is 0.340 e. The molecule has 0 saturated heterocycles. The van der Waals surface area contributed by atoms with Gasteiger partial charge in [-0.25, -0.2) is 9.97 Å². The van der Waals surface area contributed by atoms with E-state index in [0.29, 0.717) is 13.0 Å². The molecule has 0 spiro atoms. The molecule has 0 fully saturated rings. The zero-order chi connectivity index (χ0) is 19.2. The minimum absolute atomic E-state index is 0.503. The number of aromatic nitrogens is 2. The van der Waals surface area contributed by atoms with Crippen LogP contribution in [-0.4, -0.2) is 54.4 Å². The van der Waals surface area contributed by atoms with Crippen LogP contribution in [0.4, 0.5) is 5.95 Å². The fourth-order valence-corrected chi connectivity index (χ4v) is 3.58. The Labute approximate surface area is 162 Å². The Morgan fingerprint density at radius 2 is 1.85 bits per heavy atom. The molecule has 5 heteroatoms. The van der Waals surface area contributed by atoms with Crippen LogP contribution in [0.1, 0.15) is 36.6 Å². The average Bonchev–Trinajstić information content (AvgIpc) is 2.87. The van der Waals surface area contributed by atoms with E-state index in [0.717, 1.165) is 68.1 Å². The van der Waals surface area contributed by atoms with E-state index in [1.54, 1.807) is 0 Å². The van der Waals surface area contributed by atoms with E-state index in [-0.39, 0.29) is 0 Å². The molecule has 27 heavy (non-hydrogen) atoms. The van der Waals surface area contributed by atoms with Crippen molar-refractivity contribution in [2.24, 2.45) is 0 Å². The molecule has 0 bridgehead atoms. The number of aryl methyl sites for hydroxylation is 1.